The van der Waals surface area contributed by atoms with Crippen LogP contribution in [0.25, 0.3) is 158 Å². The predicted molar refractivity (Wildman–Crippen MR) is 514 cm³/mol. The average Bonchev–Trinajstić information content (AvgIpc) is 1.64. The molecule has 9 aromatic heterocycles. The van der Waals surface area contributed by atoms with Crippen molar-refractivity contribution >= 4 is 239 Å². The quantitative estimate of drug-likeness (QED) is 0.103. The van der Waals surface area contributed by atoms with E-state index in [2.05, 4.69) is 334 Å². The Balaban J connectivity index is 0.000000109. The first kappa shape index (κ1) is 73.1. The number of hydrogen-bond donors (Lipinski definition) is 0. The fourth-order valence-corrected chi connectivity index (χ4v) is 26.9. The van der Waals surface area contributed by atoms with E-state index in [0.717, 1.165) is 120 Å². The Labute approximate surface area is 700 Å². The van der Waals surface area contributed by atoms with Crippen molar-refractivity contribution in [2.45, 2.75) is 0 Å². The van der Waals surface area contributed by atoms with Gasteiger partial charge in [0.25, 0.3) is 0 Å². The van der Waals surface area contributed by atoms with E-state index < -0.39 is 21.1 Å². The smallest absolute Gasteiger partial charge is 0.172 e. The van der Waals surface area contributed by atoms with Gasteiger partial charge in [0.1, 0.15) is 16.9 Å². The molecular weight excluding hydrogens is 1560 g/mol. The van der Waals surface area contributed by atoms with Crippen molar-refractivity contribution in [2.75, 3.05) is 0 Å². The molecule has 0 saturated heterocycles. The fraction of sp³-hybridized carbons (Fsp3) is 0. The second-order valence-corrected chi connectivity index (χ2v) is 39.8. The molecule has 0 aliphatic carbocycles. The lowest BCUT2D eigenvalue weighted by Gasteiger charge is -2.25. The Morgan fingerprint density at radius 1 is 0.256 bits per heavy atom. The van der Waals surface area contributed by atoms with Gasteiger partial charge in [0.15, 0.2) is 7.14 Å². The molecule has 2 unspecified atom stereocenters. The molecule has 0 fully saturated rings. The van der Waals surface area contributed by atoms with E-state index in [4.69, 9.17) is 36.7 Å². The summed E-state index contributed by atoms with van der Waals surface area (Å²) in [4.78, 5) is 29.1. The normalized spacial score (nSPS) is 12.7. The molecule has 15 heteroatoms. The monoisotopic (exact) mass is 1630 g/mol. The summed E-state index contributed by atoms with van der Waals surface area (Å²) in [5.74, 6) is 0. The van der Waals surface area contributed by atoms with Crippen LogP contribution in [-0.4, -0.2) is 48.6 Å². The average molecular weight is 1630 g/mol. The van der Waals surface area contributed by atoms with Crippen LogP contribution in [0.5, 0.6) is 0 Å². The minimum absolute atomic E-state index is 0. The van der Waals surface area contributed by atoms with Gasteiger partial charge in [-0.1, -0.05) is 279 Å². The predicted octanol–water partition coefficient (Wildman–Crippen LogP) is 21.5. The van der Waals surface area contributed by atoms with Gasteiger partial charge in [0, 0.05) is 89.8 Å². The minimum atomic E-state index is -3.15. The molecule has 0 aliphatic rings. The van der Waals surface area contributed by atoms with Crippen molar-refractivity contribution < 1.29 is 10.0 Å². The number of benzene rings is 16. The summed E-state index contributed by atoms with van der Waals surface area (Å²) in [6, 6.07) is 134. The highest BCUT2D eigenvalue weighted by Crippen LogP contribution is 2.48. The molecule has 572 valence electrons. The standard InChI is InChI=1S/C39H25N2PS.C37H23N4P.C30H20N3OP.H2O/c43-42(30-19-17-26-9-1-3-11-28(26)23-30,31-20-18-27-10-2-4-12-29(27)24-31)32-21-22-33-34-13-5-7-15-37(34)41-38-16-8-6-14-36(38)40-39(41)35(33)25-32;1-3-11-31-29(10-1)36(19-21-39-31)42(26-16-15-24-8-7-20-38-33(24)23-26)25-17-18-27-28-9-2-5-13-34(28)41-35-14-6-4-12-32(35)40-37(41)30(27)22-25;34-35(21-9-2-1-3-10-21,23-11-8-18-31-20-23)22-16-17-24-25-12-4-6-14-28(25)33-29-15-7-5-13-27(29)32-30(33)26(24)19-22;/h1-25H;1-23H;1-20H;1H2. The van der Waals surface area contributed by atoms with Gasteiger partial charge >= 0.3 is 0 Å². The van der Waals surface area contributed by atoms with Crippen LogP contribution in [0, 0.1) is 0 Å². The van der Waals surface area contributed by atoms with Gasteiger partial charge in [-0.3, -0.25) is 28.2 Å². The molecule has 0 spiro atoms. The molecule has 0 bridgehead atoms. The lowest BCUT2D eigenvalue weighted by atomic mass is 10.1. The molecular formula is C106H70N9O2P3S. The van der Waals surface area contributed by atoms with Gasteiger partial charge in [-0.05, 0) is 199 Å². The first-order valence-electron chi connectivity index (χ1n) is 40.1. The lowest BCUT2D eigenvalue weighted by Crippen LogP contribution is -2.25. The van der Waals surface area contributed by atoms with E-state index in [-0.39, 0.29) is 5.48 Å². The largest absolute Gasteiger partial charge is 0.412 e. The van der Waals surface area contributed by atoms with E-state index in [1.807, 2.05) is 85.2 Å². The van der Waals surface area contributed by atoms with E-state index in [0.29, 0.717) is 0 Å². The summed E-state index contributed by atoms with van der Waals surface area (Å²) in [6.07, 6.45) is 7.25. The Hall–Kier alpha value is -14.3. The van der Waals surface area contributed by atoms with Crippen LogP contribution >= 0.6 is 21.1 Å². The number of rotatable bonds is 9. The van der Waals surface area contributed by atoms with Crippen molar-refractivity contribution in [3.8, 4) is 0 Å². The number of pyridine rings is 6. The Kier molecular flexibility index (Phi) is 17.9. The van der Waals surface area contributed by atoms with Crippen LogP contribution in [0.15, 0.2) is 413 Å². The second kappa shape index (κ2) is 29.6. The number of aromatic nitrogens is 9. The van der Waals surface area contributed by atoms with Gasteiger partial charge < -0.3 is 10.0 Å². The van der Waals surface area contributed by atoms with Crippen molar-refractivity contribution in [1.29, 1.82) is 0 Å². The Morgan fingerprint density at radius 3 is 1.19 bits per heavy atom. The third kappa shape index (κ3) is 12.0. The number of fused-ring (bicyclic) bond motifs is 28. The number of imidazole rings is 3. The molecule has 2 N–H and O–H groups in total. The highest BCUT2D eigenvalue weighted by molar-refractivity contribution is 8.25. The molecule has 16 aromatic carbocycles. The van der Waals surface area contributed by atoms with Crippen molar-refractivity contribution in [1.82, 2.24) is 43.1 Å². The van der Waals surface area contributed by atoms with Crippen LogP contribution in [0.1, 0.15) is 0 Å². The second-order valence-electron chi connectivity index (χ2n) is 30.4. The van der Waals surface area contributed by atoms with Crippen LogP contribution in [0.3, 0.4) is 0 Å². The third-order valence-corrected chi connectivity index (χ3v) is 34.1. The fourth-order valence-electron chi connectivity index (χ4n) is 18.1. The molecule has 2 atom stereocenters. The van der Waals surface area contributed by atoms with E-state index in [1.165, 1.54) is 85.8 Å². The maximum Gasteiger partial charge on any atom is 0.172 e. The van der Waals surface area contributed by atoms with Gasteiger partial charge in [-0.2, -0.15) is 0 Å². The third-order valence-electron chi connectivity index (χ3n) is 23.7. The molecule has 9 heterocycles. The van der Waals surface area contributed by atoms with Crippen molar-refractivity contribution in [3.05, 3.63) is 413 Å². The topological polar surface area (TPSA) is 139 Å². The Bertz CT molecular complexity index is 8500. The molecule has 0 saturated carbocycles. The summed E-state index contributed by atoms with van der Waals surface area (Å²) in [6.45, 7) is 0. The van der Waals surface area contributed by atoms with Gasteiger partial charge in [0.2, 0.25) is 0 Å². The van der Waals surface area contributed by atoms with Crippen LogP contribution in [-0.2, 0) is 16.4 Å². The van der Waals surface area contributed by atoms with Crippen molar-refractivity contribution in [3.63, 3.8) is 0 Å². The maximum atomic E-state index is 15.0. The summed E-state index contributed by atoms with van der Waals surface area (Å²) >= 11 is 6.96. The summed E-state index contributed by atoms with van der Waals surface area (Å²) in [5.41, 5.74) is 14.5. The Morgan fingerprint density at radius 2 is 0.645 bits per heavy atom. The number of hydrogen-bond acceptors (Lipinski definition) is 8. The maximum absolute atomic E-state index is 15.0. The van der Waals surface area contributed by atoms with Crippen LogP contribution < -0.4 is 47.7 Å². The van der Waals surface area contributed by atoms with E-state index in [1.54, 1.807) is 12.4 Å². The molecule has 25 aromatic rings. The van der Waals surface area contributed by atoms with E-state index >= 15 is 0 Å². The zero-order valence-corrected chi connectivity index (χ0v) is 68.4. The van der Waals surface area contributed by atoms with Gasteiger partial charge in [0.05, 0.1) is 60.7 Å². The number of nitrogens with zero attached hydrogens (tertiary/aromatic N) is 9. The lowest BCUT2D eigenvalue weighted by molar-refractivity contribution is 0.592. The molecule has 121 heavy (non-hydrogen) atoms. The summed E-state index contributed by atoms with van der Waals surface area (Å²) < 4.78 is 21.8. The summed E-state index contributed by atoms with van der Waals surface area (Å²) in [5, 5.41) is 27.2. The zero-order chi connectivity index (χ0) is 79.6. The van der Waals surface area contributed by atoms with Crippen molar-refractivity contribution in [2.24, 2.45) is 0 Å². The molecule has 0 radical (unpaired) electrons. The number of para-hydroxylation sites is 10. The molecule has 11 nitrogen and oxygen atoms in total. The SMILES string of the molecule is O.O=P(c1ccccc1)(c1cccnc1)c1ccc2c3ccccc3n3c4ccccc4nc3c2c1.S=P(c1ccc2ccccc2c1)(c1ccc2ccccc2c1)c1ccc2c3ccccc3n3c4ccccc4nc3c2c1.c1cnc2cc(P(c3ccc4c5ccccc5n5c6ccccc6nc5c4c3)c3ccnc4ccccc34)ccc2c1. The van der Waals surface area contributed by atoms with Crippen LogP contribution in [0.4, 0.5) is 0 Å². The molecule has 0 aliphatic heterocycles. The summed E-state index contributed by atoms with van der Waals surface area (Å²) in [7, 11) is -4.08. The first-order chi connectivity index (χ1) is 59.3. The van der Waals surface area contributed by atoms with E-state index in [9.17, 15) is 4.57 Å². The molecule has 0 amide bonds. The van der Waals surface area contributed by atoms with Gasteiger partial charge in [-0.15, -0.1) is 0 Å². The minimum Gasteiger partial charge on any atom is -0.412 e. The van der Waals surface area contributed by atoms with Gasteiger partial charge in [-0.25, -0.2) is 15.0 Å². The highest BCUT2D eigenvalue weighted by atomic mass is 32.4. The molecule has 25 rings (SSSR count). The zero-order valence-electron chi connectivity index (χ0n) is 64.9. The highest BCUT2D eigenvalue weighted by Gasteiger charge is 2.32. The van der Waals surface area contributed by atoms with Crippen LogP contribution in [0.2, 0.25) is 0 Å². The first-order valence-corrected chi connectivity index (χ1v) is 45.9.